The molecule has 2 fully saturated rings. The van der Waals surface area contributed by atoms with Crippen molar-refractivity contribution in [3.63, 3.8) is 0 Å². The summed E-state index contributed by atoms with van der Waals surface area (Å²) in [5, 5.41) is 18.6. The van der Waals surface area contributed by atoms with E-state index in [-0.39, 0.29) is 6.04 Å². The first-order valence-electron chi connectivity index (χ1n) is 11.5. The van der Waals surface area contributed by atoms with Crippen molar-refractivity contribution < 1.29 is 9.53 Å². The Morgan fingerprint density at radius 1 is 1.09 bits per heavy atom. The molecule has 2 saturated heterocycles. The maximum atomic E-state index is 10.9. The molecule has 0 radical (unpaired) electrons. The summed E-state index contributed by atoms with van der Waals surface area (Å²) in [6.45, 7) is 3.06. The number of anilines is 1. The molecule has 0 atom stereocenters. The van der Waals surface area contributed by atoms with Gasteiger partial charge in [-0.3, -0.25) is 9.48 Å². The van der Waals surface area contributed by atoms with E-state index < -0.39 is 5.91 Å². The van der Waals surface area contributed by atoms with Gasteiger partial charge in [-0.2, -0.15) is 15.5 Å². The first kappa shape index (κ1) is 21.1. The number of hydrogen-bond acceptors (Lipinski definition) is 6. The SMILES string of the molecule is N#Cc1cnn2cc(-c3cnn(C4COC4)c3)cc(-c3ccc(N4CC(C=CC(N)=O)C4)cc3)c12. The molecule has 0 bridgehead atoms. The molecular formula is C26H23N7O2. The molecule has 2 aliphatic heterocycles. The normalized spacial score (nSPS) is 16.4. The average molecular weight is 466 g/mol. The summed E-state index contributed by atoms with van der Waals surface area (Å²) in [5.41, 5.74) is 11.5. The second-order valence-corrected chi connectivity index (χ2v) is 8.98. The highest BCUT2D eigenvalue weighted by atomic mass is 16.5. The highest BCUT2D eigenvalue weighted by Gasteiger charge is 2.25. The lowest BCUT2D eigenvalue weighted by Gasteiger charge is -2.39. The van der Waals surface area contributed by atoms with Gasteiger partial charge in [0.15, 0.2) is 0 Å². The zero-order chi connectivity index (χ0) is 23.9. The van der Waals surface area contributed by atoms with Crippen molar-refractivity contribution in [3.05, 3.63) is 72.8 Å². The molecule has 0 unspecified atom stereocenters. The van der Waals surface area contributed by atoms with Crippen molar-refractivity contribution in [1.82, 2.24) is 19.4 Å². The third-order valence-corrected chi connectivity index (χ3v) is 6.65. The van der Waals surface area contributed by atoms with E-state index in [0.29, 0.717) is 24.7 Å². The van der Waals surface area contributed by atoms with E-state index in [1.54, 1.807) is 10.7 Å². The molecule has 1 amide bonds. The number of rotatable bonds is 6. The highest BCUT2D eigenvalue weighted by Crippen LogP contribution is 2.34. The number of nitrogens with zero attached hydrogens (tertiary/aromatic N) is 6. The largest absolute Gasteiger partial charge is 0.377 e. The Morgan fingerprint density at radius 3 is 2.57 bits per heavy atom. The monoisotopic (exact) mass is 465 g/mol. The Kier molecular flexibility index (Phi) is 5.08. The summed E-state index contributed by atoms with van der Waals surface area (Å²) >= 11 is 0. The van der Waals surface area contributed by atoms with Gasteiger partial charge >= 0.3 is 0 Å². The Morgan fingerprint density at radius 2 is 1.89 bits per heavy atom. The van der Waals surface area contributed by atoms with Crippen LogP contribution < -0.4 is 10.6 Å². The summed E-state index contributed by atoms with van der Waals surface area (Å²) < 4.78 is 9.00. The van der Waals surface area contributed by atoms with Crippen LogP contribution in [0.1, 0.15) is 11.6 Å². The molecule has 5 heterocycles. The summed E-state index contributed by atoms with van der Waals surface area (Å²) in [6.07, 6.45) is 10.7. The summed E-state index contributed by atoms with van der Waals surface area (Å²) in [4.78, 5) is 13.2. The van der Waals surface area contributed by atoms with Crippen molar-refractivity contribution in [2.45, 2.75) is 6.04 Å². The van der Waals surface area contributed by atoms with Crippen LogP contribution in [0.3, 0.4) is 0 Å². The second-order valence-electron chi connectivity index (χ2n) is 8.98. The smallest absolute Gasteiger partial charge is 0.241 e. The van der Waals surface area contributed by atoms with Crippen LogP contribution in [0.25, 0.3) is 27.8 Å². The highest BCUT2D eigenvalue weighted by molar-refractivity contribution is 5.88. The Hall–Kier alpha value is -4.42. The third-order valence-electron chi connectivity index (χ3n) is 6.65. The molecule has 1 aromatic carbocycles. The molecule has 0 spiro atoms. The Labute approximate surface area is 201 Å². The molecule has 35 heavy (non-hydrogen) atoms. The van der Waals surface area contributed by atoms with E-state index in [0.717, 1.165) is 46.5 Å². The van der Waals surface area contributed by atoms with E-state index in [1.165, 1.54) is 6.08 Å². The number of aromatic nitrogens is 4. The summed E-state index contributed by atoms with van der Waals surface area (Å²) in [6, 6.07) is 13.0. The topological polar surface area (TPSA) is 114 Å². The first-order chi connectivity index (χ1) is 17.1. The van der Waals surface area contributed by atoms with Crippen molar-refractivity contribution in [3.8, 4) is 28.3 Å². The predicted molar refractivity (Wildman–Crippen MR) is 130 cm³/mol. The molecule has 6 rings (SSSR count). The number of hydrogen-bond donors (Lipinski definition) is 1. The van der Waals surface area contributed by atoms with Gasteiger partial charge in [-0.25, -0.2) is 4.52 Å². The lowest BCUT2D eigenvalue weighted by Crippen LogP contribution is -2.45. The van der Waals surface area contributed by atoms with Crippen LogP contribution in [-0.4, -0.2) is 51.6 Å². The minimum Gasteiger partial charge on any atom is -0.377 e. The lowest BCUT2D eigenvalue weighted by molar-refractivity contribution is -0.113. The number of carbonyl (C=O) groups is 1. The lowest BCUT2D eigenvalue weighted by atomic mass is 9.97. The van der Waals surface area contributed by atoms with Crippen LogP contribution in [0.2, 0.25) is 0 Å². The zero-order valence-corrected chi connectivity index (χ0v) is 18.9. The fourth-order valence-corrected chi connectivity index (χ4v) is 4.57. The van der Waals surface area contributed by atoms with Gasteiger partial charge in [0.1, 0.15) is 6.07 Å². The van der Waals surface area contributed by atoms with E-state index in [1.807, 2.05) is 29.3 Å². The van der Waals surface area contributed by atoms with Gasteiger partial charge in [0.25, 0.3) is 0 Å². The molecule has 9 nitrogen and oxygen atoms in total. The van der Waals surface area contributed by atoms with Gasteiger partial charge < -0.3 is 15.4 Å². The van der Waals surface area contributed by atoms with Gasteiger partial charge in [-0.05, 0) is 29.8 Å². The number of benzene rings is 1. The van der Waals surface area contributed by atoms with Crippen molar-refractivity contribution in [2.75, 3.05) is 31.2 Å². The molecule has 0 aliphatic carbocycles. The number of primary amides is 1. The standard InChI is InChI=1S/C26H23N7O2/c27-8-20-9-30-33-13-19(21-10-29-32(14-21)23-15-35-16-23)7-24(26(20)33)18-2-4-22(5-3-18)31-11-17(12-31)1-6-25(28)34/h1-7,9-10,13-14,17,23H,11-12,15-16H2,(H2,28,34). The van der Waals surface area contributed by atoms with Crippen LogP contribution in [0.15, 0.2) is 67.3 Å². The molecule has 3 aromatic heterocycles. The zero-order valence-electron chi connectivity index (χ0n) is 18.9. The van der Waals surface area contributed by atoms with Crippen LogP contribution in [0.5, 0.6) is 0 Å². The molecular weight excluding hydrogens is 442 g/mol. The fourth-order valence-electron chi connectivity index (χ4n) is 4.57. The molecule has 9 heteroatoms. The number of carbonyl (C=O) groups excluding carboxylic acids is 1. The molecule has 2 aliphatic rings. The summed E-state index contributed by atoms with van der Waals surface area (Å²) in [5.74, 6) is -0.0850. The van der Waals surface area contributed by atoms with Gasteiger partial charge in [-0.1, -0.05) is 18.2 Å². The number of fused-ring (bicyclic) bond motifs is 1. The minimum atomic E-state index is -0.414. The van der Waals surface area contributed by atoms with Gasteiger partial charge in [0.05, 0.1) is 42.7 Å². The maximum Gasteiger partial charge on any atom is 0.241 e. The third kappa shape index (κ3) is 3.84. The maximum absolute atomic E-state index is 10.9. The Balaban J connectivity index is 1.32. The average Bonchev–Trinajstić information content (AvgIpc) is 3.44. The number of nitrogens with two attached hydrogens (primary N) is 1. The van der Waals surface area contributed by atoms with Gasteiger partial charge in [0, 0.05) is 53.8 Å². The molecule has 0 saturated carbocycles. The molecule has 174 valence electrons. The van der Waals surface area contributed by atoms with Gasteiger partial charge in [0.2, 0.25) is 5.91 Å². The number of pyridine rings is 1. The van der Waals surface area contributed by atoms with Crippen molar-refractivity contribution in [2.24, 2.45) is 11.7 Å². The van der Waals surface area contributed by atoms with E-state index in [9.17, 15) is 10.1 Å². The number of ether oxygens (including phenoxy) is 1. The van der Waals surface area contributed by atoms with Crippen LogP contribution in [0.4, 0.5) is 5.69 Å². The van der Waals surface area contributed by atoms with Crippen LogP contribution in [-0.2, 0) is 9.53 Å². The Bertz CT molecular complexity index is 1480. The van der Waals surface area contributed by atoms with Crippen molar-refractivity contribution in [1.29, 1.82) is 5.26 Å². The van der Waals surface area contributed by atoms with E-state index in [2.05, 4.69) is 51.5 Å². The first-order valence-corrected chi connectivity index (χ1v) is 11.5. The summed E-state index contributed by atoms with van der Waals surface area (Å²) in [7, 11) is 0. The van der Waals surface area contributed by atoms with Gasteiger partial charge in [-0.15, -0.1) is 0 Å². The fraction of sp³-hybridized carbons (Fsp3) is 0.231. The van der Waals surface area contributed by atoms with Crippen LogP contribution >= 0.6 is 0 Å². The number of nitriles is 1. The van der Waals surface area contributed by atoms with Crippen molar-refractivity contribution >= 4 is 17.1 Å². The minimum absolute atomic E-state index is 0.279. The quantitative estimate of drug-likeness (QED) is 0.438. The van der Waals surface area contributed by atoms with E-state index in [4.69, 9.17) is 10.5 Å². The number of amides is 1. The second kappa shape index (κ2) is 8.42. The molecule has 4 aromatic rings. The van der Waals surface area contributed by atoms with E-state index >= 15 is 0 Å². The molecule has 2 N–H and O–H groups in total. The van der Waals surface area contributed by atoms with Crippen LogP contribution in [0, 0.1) is 17.2 Å². The predicted octanol–water partition coefficient (Wildman–Crippen LogP) is 2.79.